The number of ether oxygens (including phenoxy) is 1. The number of sulfonamides is 1. The quantitative estimate of drug-likeness (QED) is 0.889. The zero-order valence-electron chi connectivity index (χ0n) is 12.5. The Hall–Kier alpha value is -2.02. The fraction of sp³-hybridized carbons (Fsp3) is 0.357. The molecule has 0 saturated heterocycles. The van der Waals surface area contributed by atoms with E-state index >= 15 is 0 Å². The van der Waals surface area contributed by atoms with Crippen LogP contribution in [0.2, 0.25) is 0 Å². The minimum Gasteiger partial charge on any atom is -0.494 e. The molecule has 0 atom stereocenters. The van der Waals surface area contributed by atoms with Crippen molar-refractivity contribution >= 4 is 15.7 Å². The molecule has 0 fully saturated rings. The fourth-order valence-corrected chi connectivity index (χ4v) is 3.60. The third-order valence-electron chi connectivity index (χ3n) is 3.06. The number of nitrogens with one attached hydrogen (secondary N) is 2. The minimum absolute atomic E-state index is 0.189. The lowest BCUT2D eigenvalue weighted by Crippen LogP contribution is -2.14. The molecule has 0 unspecified atom stereocenters. The number of rotatable bonds is 5. The average molecular weight is 309 g/mol. The van der Waals surface area contributed by atoms with Crippen LogP contribution in [0.5, 0.6) is 5.75 Å². The number of hydrogen-bond acceptors (Lipinski definition) is 4. The molecule has 0 aliphatic rings. The van der Waals surface area contributed by atoms with Gasteiger partial charge in [0.1, 0.15) is 10.6 Å². The highest BCUT2D eigenvalue weighted by Gasteiger charge is 2.22. The Bertz CT molecular complexity index is 731. The predicted octanol–water partition coefficient (Wildman–Crippen LogP) is 2.53. The van der Waals surface area contributed by atoms with Crippen molar-refractivity contribution in [2.75, 3.05) is 11.3 Å². The first-order valence-electron chi connectivity index (χ1n) is 6.63. The first-order valence-corrected chi connectivity index (χ1v) is 8.11. The standard InChI is InChI=1S/C14H19N3O3S/c1-5-20-13-7-6-12(8-9(13)2)17-21(18,19)14-10(3)15-16-11(14)4/h6-8,17H,5H2,1-4H3,(H,15,16). The Morgan fingerprint density at radius 2 is 2.00 bits per heavy atom. The van der Waals surface area contributed by atoms with Crippen molar-refractivity contribution in [1.29, 1.82) is 0 Å². The monoisotopic (exact) mass is 309 g/mol. The smallest absolute Gasteiger partial charge is 0.265 e. The molecule has 0 saturated carbocycles. The van der Waals surface area contributed by atoms with Gasteiger partial charge in [-0.2, -0.15) is 5.10 Å². The maximum Gasteiger partial charge on any atom is 0.265 e. The Morgan fingerprint density at radius 3 is 2.52 bits per heavy atom. The van der Waals surface area contributed by atoms with E-state index in [0.29, 0.717) is 23.7 Å². The summed E-state index contributed by atoms with van der Waals surface area (Å²) in [6.45, 7) is 7.68. The summed E-state index contributed by atoms with van der Waals surface area (Å²) in [4.78, 5) is 0.189. The minimum atomic E-state index is -3.66. The molecular formula is C14H19N3O3S. The molecule has 7 heteroatoms. The second kappa shape index (κ2) is 5.77. The molecule has 1 heterocycles. The van der Waals surface area contributed by atoms with Crippen LogP contribution in [0.15, 0.2) is 23.1 Å². The average Bonchev–Trinajstić information content (AvgIpc) is 2.73. The first-order chi connectivity index (χ1) is 9.85. The highest BCUT2D eigenvalue weighted by molar-refractivity contribution is 7.92. The van der Waals surface area contributed by atoms with Gasteiger partial charge in [0.15, 0.2) is 0 Å². The van der Waals surface area contributed by atoms with Crippen LogP contribution in [0.25, 0.3) is 0 Å². The summed E-state index contributed by atoms with van der Waals surface area (Å²) >= 11 is 0. The van der Waals surface area contributed by atoms with Crippen molar-refractivity contribution in [3.63, 3.8) is 0 Å². The zero-order chi connectivity index (χ0) is 15.6. The summed E-state index contributed by atoms with van der Waals surface area (Å²) in [6.07, 6.45) is 0. The molecule has 114 valence electrons. The van der Waals surface area contributed by atoms with Gasteiger partial charge in [0.25, 0.3) is 10.0 Å². The van der Waals surface area contributed by atoms with Gasteiger partial charge in [0.2, 0.25) is 0 Å². The Balaban J connectivity index is 2.31. The number of aryl methyl sites for hydroxylation is 3. The maximum absolute atomic E-state index is 12.4. The molecule has 2 N–H and O–H groups in total. The third-order valence-corrected chi connectivity index (χ3v) is 4.70. The molecule has 0 aliphatic heterocycles. The number of nitrogens with zero attached hydrogens (tertiary/aromatic N) is 1. The lowest BCUT2D eigenvalue weighted by Gasteiger charge is -2.11. The van der Waals surface area contributed by atoms with Crippen molar-refractivity contribution < 1.29 is 13.2 Å². The highest BCUT2D eigenvalue weighted by atomic mass is 32.2. The van der Waals surface area contributed by atoms with Gasteiger partial charge >= 0.3 is 0 Å². The summed E-state index contributed by atoms with van der Waals surface area (Å²) in [5.74, 6) is 0.746. The van der Waals surface area contributed by atoms with Gasteiger partial charge in [0, 0.05) is 5.69 Å². The van der Waals surface area contributed by atoms with Crippen molar-refractivity contribution in [3.05, 3.63) is 35.2 Å². The molecule has 0 bridgehead atoms. The van der Waals surface area contributed by atoms with Gasteiger partial charge < -0.3 is 4.74 Å². The van der Waals surface area contributed by atoms with Crippen molar-refractivity contribution in [1.82, 2.24) is 10.2 Å². The van der Waals surface area contributed by atoms with Crippen molar-refractivity contribution in [2.24, 2.45) is 0 Å². The largest absolute Gasteiger partial charge is 0.494 e. The first kappa shape index (κ1) is 15.4. The van der Waals surface area contributed by atoms with Gasteiger partial charge in [-0.3, -0.25) is 9.82 Å². The number of hydrogen-bond donors (Lipinski definition) is 2. The zero-order valence-corrected chi connectivity index (χ0v) is 13.3. The Morgan fingerprint density at radius 1 is 1.29 bits per heavy atom. The lowest BCUT2D eigenvalue weighted by atomic mass is 10.2. The number of H-pyrrole nitrogens is 1. The highest BCUT2D eigenvalue weighted by Crippen LogP contribution is 2.25. The lowest BCUT2D eigenvalue weighted by molar-refractivity contribution is 0.338. The summed E-state index contributed by atoms with van der Waals surface area (Å²) in [5.41, 5.74) is 2.33. The molecule has 0 radical (unpaired) electrons. The topological polar surface area (TPSA) is 84.1 Å². The molecule has 1 aromatic carbocycles. The number of aromatic nitrogens is 2. The van der Waals surface area contributed by atoms with E-state index in [9.17, 15) is 8.42 Å². The molecule has 0 amide bonds. The SMILES string of the molecule is CCOc1ccc(NS(=O)(=O)c2c(C)n[nH]c2C)cc1C. The summed E-state index contributed by atoms with van der Waals surface area (Å²) < 4.78 is 32.9. The van der Waals surface area contributed by atoms with E-state index in [-0.39, 0.29) is 4.90 Å². The van der Waals surface area contributed by atoms with Gasteiger partial charge in [0.05, 0.1) is 18.0 Å². The molecule has 0 spiro atoms. The molecule has 21 heavy (non-hydrogen) atoms. The van der Waals surface area contributed by atoms with Gasteiger partial charge in [-0.25, -0.2) is 8.42 Å². The number of benzene rings is 1. The second-order valence-corrected chi connectivity index (χ2v) is 6.40. The van der Waals surface area contributed by atoms with Crippen LogP contribution in [0.3, 0.4) is 0 Å². The second-order valence-electron chi connectivity index (χ2n) is 4.78. The predicted molar refractivity (Wildman–Crippen MR) is 81.2 cm³/mol. The van der Waals surface area contributed by atoms with Crippen LogP contribution in [-0.4, -0.2) is 25.2 Å². The van der Waals surface area contributed by atoms with E-state index in [1.807, 2.05) is 13.8 Å². The molecule has 0 aliphatic carbocycles. The van der Waals surface area contributed by atoms with Crippen LogP contribution in [0.1, 0.15) is 23.9 Å². The van der Waals surface area contributed by atoms with Gasteiger partial charge in [-0.15, -0.1) is 0 Å². The Kier molecular flexibility index (Phi) is 4.22. The van der Waals surface area contributed by atoms with Gasteiger partial charge in [-0.1, -0.05) is 0 Å². The van der Waals surface area contributed by atoms with Crippen LogP contribution in [0.4, 0.5) is 5.69 Å². The van der Waals surface area contributed by atoms with E-state index in [1.54, 1.807) is 32.0 Å². The third kappa shape index (κ3) is 3.18. The van der Waals surface area contributed by atoms with Gasteiger partial charge in [-0.05, 0) is 51.5 Å². The number of aromatic amines is 1. The normalized spacial score (nSPS) is 11.4. The van der Waals surface area contributed by atoms with E-state index in [2.05, 4.69) is 14.9 Å². The maximum atomic E-state index is 12.4. The Labute approximate surface area is 124 Å². The van der Waals surface area contributed by atoms with E-state index in [0.717, 1.165) is 11.3 Å². The summed E-state index contributed by atoms with van der Waals surface area (Å²) in [5, 5.41) is 6.59. The molecule has 1 aromatic heterocycles. The van der Waals surface area contributed by atoms with E-state index in [4.69, 9.17) is 4.74 Å². The molecular weight excluding hydrogens is 290 g/mol. The fourth-order valence-electron chi connectivity index (χ4n) is 2.17. The molecule has 2 aromatic rings. The molecule has 2 rings (SSSR count). The molecule has 6 nitrogen and oxygen atoms in total. The summed E-state index contributed by atoms with van der Waals surface area (Å²) in [7, 11) is -3.66. The van der Waals surface area contributed by atoms with Crippen molar-refractivity contribution in [2.45, 2.75) is 32.6 Å². The number of anilines is 1. The summed E-state index contributed by atoms with van der Waals surface area (Å²) in [6, 6.07) is 5.18. The van der Waals surface area contributed by atoms with Crippen LogP contribution >= 0.6 is 0 Å². The van der Waals surface area contributed by atoms with Crippen LogP contribution in [0, 0.1) is 20.8 Å². The van der Waals surface area contributed by atoms with Crippen LogP contribution in [-0.2, 0) is 10.0 Å². The van der Waals surface area contributed by atoms with E-state index < -0.39 is 10.0 Å². The van der Waals surface area contributed by atoms with E-state index in [1.165, 1.54) is 0 Å². The van der Waals surface area contributed by atoms with Crippen molar-refractivity contribution in [3.8, 4) is 5.75 Å². The van der Waals surface area contributed by atoms with Crippen LogP contribution < -0.4 is 9.46 Å².